The minimum absolute atomic E-state index is 0.0234. The number of fused-ring (bicyclic) bond motifs is 2. The Bertz CT molecular complexity index is 600. The van der Waals surface area contributed by atoms with E-state index < -0.39 is 11.6 Å². The van der Waals surface area contributed by atoms with Crippen LogP contribution in [0.15, 0.2) is 29.3 Å². The van der Waals surface area contributed by atoms with Crippen molar-refractivity contribution in [1.82, 2.24) is 0 Å². The fourth-order valence-electron chi connectivity index (χ4n) is 3.18. The highest BCUT2D eigenvalue weighted by Gasteiger charge is 2.51. The minimum Gasteiger partial charge on any atom is -0.470 e. The number of hydrogen-bond donors (Lipinski definition) is 1. The summed E-state index contributed by atoms with van der Waals surface area (Å²) in [5.74, 6) is 0.601. The van der Waals surface area contributed by atoms with Gasteiger partial charge in [0.25, 0.3) is 0 Å². The maximum absolute atomic E-state index is 12.8. The van der Waals surface area contributed by atoms with Gasteiger partial charge in [0.2, 0.25) is 5.78 Å². The third kappa shape index (κ3) is 2.47. The lowest BCUT2D eigenvalue weighted by atomic mass is 9.74. The molecule has 0 amide bonds. The lowest BCUT2D eigenvalue weighted by molar-refractivity contribution is -0.137. The smallest absolute Gasteiger partial charge is 0.205 e. The van der Waals surface area contributed by atoms with Crippen LogP contribution < -0.4 is 5.73 Å². The Balaban J connectivity index is 2.11. The van der Waals surface area contributed by atoms with Gasteiger partial charge in [-0.3, -0.25) is 4.79 Å². The molecule has 1 unspecified atom stereocenters. The number of nitrogens with zero attached hydrogens (tertiary/aromatic N) is 1. The fraction of sp³-hybridized carbons (Fsp3) is 0.500. The molecule has 1 aromatic rings. The van der Waals surface area contributed by atoms with Gasteiger partial charge in [-0.25, -0.2) is 4.99 Å². The highest BCUT2D eigenvalue weighted by atomic mass is 35.5. The van der Waals surface area contributed by atoms with Gasteiger partial charge < -0.3 is 10.5 Å². The molecule has 0 aromatic heterocycles. The molecular formula is C16H19ClN2O2. The number of ketones is 1. The second kappa shape index (κ2) is 5.43. The summed E-state index contributed by atoms with van der Waals surface area (Å²) in [6.45, 7) is 1.90. The number of carbonyl (C=O) groups is 1. The average Bonchev–Trinajstić information content (AvgIpc) is 2.40. The van der Waals surface area contributed by atoms with Gasteiger partial charge in [-0.1, -0.05) is 29.8 Å². The van der Waals surface area contributed by atoms with Gasteiger partial charge in [-0.2, -0.15) is 0 Å². The highest BCUT2D eigenvalue weighted by molar-refractivity contribution is 6.32. The van der Waals surface area contributed by atoms with E-state index >= 15 is 0 Å². The first-order valence-electron chi connectivity index (χ1n) is 7.33. The molecule has 21 heavy (non-hydrogen) atoms. The Labute approximate surface area is 129 Å². The molecule has 5 heteroatoms. The number of aliphatic imine (C=N–C) groups is 1. The molecule has 3 rings (SSSR count). The van der Waals surface area contributed by atoms with Gasteiger partial charge in [0.15, 0.2) is 17.5 Å². The molecule has 1 aliphatic heterocycles. The van der Waals surface area contributed by atoms with Crippen LogP contribution in [0, 0.1) is 0 Å². The Morgan fingerprint density at radius 2 is 2.29 bits per heavy atom. The molecule has 2 bridgehead atoms. The molecule has 1 aliphatic carbocycles. The zero-order chi connectivity index (χ0) is 15.0. The van der Waals surface area contributed by atoms with E-state index in [0.29, 0.717) is 23.8 Å². The number of Topliss-reactive ketones (excluding diaryl/α,β-unsaturated/α-hetero) is 1. The summed E-state index contributed by atoms with van der Waals surface area (Å²) < 4.78 is 5.74. The predicted octanol–water partition coefficient (Wildman–Crippen LogP) is 2.82. The van der Waals surface area contributed by atoms with Gasteiger partial charge in [-0.05, 0) is 32.3 Å². The monoisotopic (exact) mass is 306 g/mol. The summed E-state index contributed by atoms with van der Waals surface area (Å²) in [7, 11) is 0. The number of rotatable bonds is 3. The maximum atomic E-state index is 12.8. The summed E-state index contributed by atoms with van der Waals surface area (Å²) >= 11 is 6.33. The molecule has 0 radical (unpaired) electrons. The SMILES string of the molecule is CC(N)CC1=N[C@]2(c3ccccc3Cl)CCC[C@H](O1)C2=O. The lowest BCUT2D eigenvalue weighted by Crippen LogP contribution is -2.51. The van der Waals surface area contributed by atoms with Crippen molar-refractivity contribution in [2.45, 2.75) is 50.3 Å². The summed E-state index contributed by atoms with van der Waals surface area (Å²) in [6, 6.07) is 7.39. The average molecular weight is 307 g/mol. The summed E-state index contributed by atoms with van der Waals surface area (Å²) in [5, 5.41) is 0.581. The molecular weight excluding hydrogens is 288 g/mol. The van der Waals surface area contributed by atoms with Gasteiger partial charge in [-0.15, -0.1) is 0 Å². The Hall–Kier alpha value is -1.39. The predicted molar refractivity (Wildman–Crippen MR) is 82.6 cm³/mol. The minimum atomic E-state index is -0.885. The number of halogens is 1. The topological polar surface area (TPSA) is 64.7 Å². The molecule has 4 nitrogen and oxygen atoms in total. The van der Waals surface area contributed by atoms with Gasteiger partial charge in [0.1, 0.15) is 0 Å². The Kier molecular flexibility index (Phi) is 3.76. The molecule has 112 valence electrons. The van der Waals surface area contributed by atoms with Crippen molar-refractivity contribution in [3.63, 3.8) is 0 Å². The van der Waals surface area contributed by atoms with E-state index in [4.69, 9.17) is 22.1 Å². The van der Waals surface area contributed by atoms with Gasteiger partial charge in [0, 0.05) is 23.0 Å². The molecule has 1 heterocycles. The zero-order valence-electron chi connectivity index (χ0n) is 12.0. The maximum Gasteiger partial charge on any atom is 0.205 e. The van der Waals surface area contributed by atoms with Crippen LogP contribution in [0.3, 0.4) is 0 Å². The first-order valence-corrected chi connectivity index (χ1v) is 7.71. The number of ether oxygens (including phenoxy) is 1. The lowest BCUT2D eigenvalue weighted by Gasteiger charge is -2.41. The van der Waals surface area contributed by atoms with Crippen LogP contribution in [0.4, 0.5) is 0 Å². The normalized spacial score (nSPS) is 29.6. The van der Waals surface area contributed by atoms with Gasteiger partial charge >= 0.3 is 0 Å². The molecule has 3 atom stereocenters. The van der Waals surface area contributed by atoms with Crippen molar-refractivity contribution in [3.8, 4) is 0 Å². The third-order valence-electron chi connectivity index (χ3n) is 4.11. The summed E-state index contributed by atoms with van der Waals surface area (Å²) in [4.78, 5) is 17.5. The fourth-order valence-corrected chi connectivity index (χ4v) is 3.48. The van der Waals surface area contributed by atoms with Crippen molar-refractivity contribution in [2.24, 2.45) is 10.7 Å². The molecule has 0 spiro atoms. The number of benzene rings is 1. The van der Waals surface area contributed by atoms with E-state index in [1.165, 1.54) is 0 Å². The second-order valence-corrected chi connectivity index (χ2v) is 6.30. The first-order chi connectivity index (χ1) is 10.0. The van der Waals surface area contributed by atoms with E-state index in [1.807, 2.05) is 25.1 Å². The third-order valence-corrected chi connectivity index (χ3v) is 4.44. The molecule has 2 N–H and O–H groups in total. The number of hydrogen-bond acceptors (Lipinski definition) is 4. The van der Waals surface area contributed by atoms with E-state index in [2.05, 4.69) is 4.99 Å². The van der Waals surface area contributed by atoms with Gasteiger partial charge in [0.05, 0.1) is 0 Å². The molecule has 1 aromatic carbocycles. The van der Waals surface area contributed by atoms with E-state index in [0.717, 1.165) is 18.4 Å². The largest absolute Gasteiger partial charge is 0.470 e. The summed E-state index contributed by atoms with van der Waals surface area (Å²) in [6.07, 6.45) is 2.44. The molecule has 1 fully saturated rings. The standard InChI is InChI=1S/C16H19ClN2O2/c1-10(18)9-14-19-16(11-5-2-3-6-12(11)17)8-4-7-13(21-14)15(16)20/h2-3,5-6,10,13H,4,7-9,18H2,1H3/t10?,13-,16-/m0/s1. The highest BCUT2D eigenvalue weighted by Crippen LogP contribution is 2.44. The van der Waals surface area contributed by atoms with Crippen molar-refractivity contribution in [2.75, 3.05) is 0 Å². The van der Waals surface area contributed by atoms with E-state index in [1.54, 1.807) is 6.07 Å². The van der Waals surface area contributed by atoms with E-state index in [9.17, 15) is 4.79 Å². The van der Waals surface area contributed by atoms with Crippen molar-refractivity contribution >= 4 is 23.3 Å². The van der Waals surface area contributed by atoms with Crippen molar-refractivity contribution < 1.29 is 9.53 Å². The van der Waals surface area contributed by atoms with Crippen LogP contribution in [0.25, 0.3) is 0 Å². The van der Waals surface area contributed by atoms with Crippen molar-refractivity contribution in [3.05, 3.63) is 34.9 Å². The van der Waals surface area contributed by atoms with E-state index in [-0.39, 0.29) is 11.8 Å². The molecule has 1 saturated carbocycles. The first kappa shape index (κ1) is 14.5. The Morgan fingerprint density at radius 1 is 1.52 bits per heavy atom. The molecule has 0 saturated heterocycles. The quantitative estimate of drug-likeness (QED) is 0.934. The van der Waals surface area contributed by atoms with Crippen LogP contribution in [0.1, 0.15) is 38.2 Å². The number of nitrogens with two attached hydrogens (primary N) is 1. The van der Waals surface area contributed by atoms with Crippen LogP contribution in [0.2, 0.25) is 5.02 Å². The second-order valence-electron chi connectivity index (χ2n) is 5.89. The zero-order valence-corrected chi connectivity index (χ0v) is 12.8. The van der Waals surface area contributed by atoms with Crippen LogP contribution >= 0.6 is 11.6 Å². The number of carbonyl (C=O) groups excluding carboxylic acids is 1. The Morgan fingerprint density at radius 3 is 3.00 bits per heavy atom. The molecule has 2 aliphatic rings. The van der Waals surface area contributed by atoms with Crippen LogP contribution in [-0.2, 0) is 15.1 Å². The van der Waals surface area contributed by atoms with Crippen LogP contribution in [-0.4, -0.2) is 23.8 Å². The van der Waals surface area contributed by atoms with Crippen molar-refractivity contribution in [1.29, 1.82) is 0 Å². The summed E-state index contributed by atoms with van der Waals surface area (Å²) in [5.41, 5.74) is 5.75. The van der Waals surface area contributed by atoms with Crippen LogP contribution in [0.5, 0.6) is 0 Å².